The van der Waals surface area contributed by atoms with Crippen molar-refractivity contribution in [3.8, 4) is 0 Å². The summed E-state index contributed by atoms with van der Waals surface area (Å²) in [7, 11) is 1.80. The van der Waals surface area contributed by atoms with Crippen LogP contribution in [-0.2, 0) is 6.42 Å². The summed E-state index contributed by atoms with van der Waals surface area (Å²) in [5, 5.41) is 10.0. The van der Waals surface area contributed by atoms with E-state index < -0.39 is 0 Å². The highest BCUT2D eigenvalue weighted by atomic mass is 127. The lowest BCUT2D eigenvalue weighted by atomic mass is 10.0. The third-order valence-corrected chi connectivity index (χ3v) is 4.83. The first-order valence-electron chi connectivity index (χ1n) is 8.83. The summed E-state index contributed by atoms with van der Waals surface area (Å²) in [6.45, 7) is 17.6. The zero-order valence-electron chi connectivity index (χ0n) is 16.5. The predicted molar refractivity (Wildman–Crippen MR) is 126 cm³/mol. The third-order valence-electron chi connectivity index (χ3n) is 4.01. The number of thiazole rings is 1. The first-order valence-corrected chi connectivity index (χ1v) is 9.71. The van der Waals surface area contributed by atoms with E-state index in [0.29, 0.717) is 12.0 Å². The van der Waals surface area contributed by atoms with Gasteiger partial charge in [0, 0.05) is 51.1 Å². The molecule has 0 aliphatic heterocycles. The number of aromatic nitrogens is 1. The van der Waals surface area contributed by atoms with Crippen LogP contribution in [-0.4, -0.2) is 55.1 Å². The number of nitrogens with zero attached hydrogens (tertiary/aromatic N) is 3. The van der Waals surface area contributed by atoms with E-state index in [1.807, 2.05) is 19.1 Å². The average molecular weight is 491 g/mol. The predicted octanol–water partition coefficient (Wildman–Crippen LogP) is 3.48. The fourth-order valence-electron chi connectivity index (χ4n) is 2.72. The van der Waals surface area contributed by atoms with Crippen LogP contribution in [0.1, 0.15) is 24.5 Å². The number of aliphatic imine (C=N–C) groups is 1. The van der Waals surface area contributed by atoms with Crippen molar-refractivity contribution in [3.63, 3.8) is 0 Å². The maximum atomic E-state index is 4.49. The number of rotatable bonds is 11. The van der Waals surface area contributed by atoms with Crippen molar-refractivity contribution in [2.45, 2.75) is 33.2 Å². The lowest BCUT2D eigenvalue weighted by molar-refractivity contribution is 0.190. The molecule has 1 atom stereocenters. The molecule has 1 heterocycles. The van der Waals surface area contributed by atoms with Gasteiger partial charge in [0.05, 0.1) is 10.7 Å². The van der Waals surface area contributed by atoms with E-state index in [9.17, 15) is 0 Å². The fourth-order valence-corrected chi connectivity index (χ4v) is 3.36. The smallest absolute Gasteiger partial charge is 0.191 e. The highest BCUT2D eigenvalue weighted by Gasteiger charge is 2.20. The Morgan fingerprint density at radius 3 is 2.42 bits per heavy atom. The molecule has 1 rings (SSSR count). The Kier molecular flexibility index (Phi) is 13.7. The van der Waals surface area contributed by atoms with E-state index in [0.717, 1.165) is 49.3 Å². The van der Waals surface area contributed by atoms with Gasteiger partial charge in [0.25, 0.3) is 0 Å². The van der Waals surface area contributed by atoms with E-state index >= 15 is 0 Å². The van der Waals surface area contributed by atoms with Gasteiger partial charge in [-0.25, -0.2) is 4.98 Å². The Balaban J connectivity index is 0.00000625. The van der Waals surface area contributed by atoms with Gasteiger partial charge in [-0.3, -0.25) is 9.89 Å². The Morgan fingerprint density at radius 1 is 1.31 bits per heavy atom. The summed E-state index contributed by atoms with van der Waals surface area (Å²) in [5.41, 5.74) is 1.13. The molecule has 0 saturated heterocycles. The largest absolute Gasteiger partial charge is 0.356 e. The second-order valence-electron chi connectivity index (χ2n) is 6.33. The van der Waals surface area contributed by atoms with Gasteiger partial charge in [0.1, 0.15) is 0 Å². The lowest BCUT2D eigenvalue weighted by Gasteiger charge is -2.33. The molecular formula is C19H34IN5S. The van der Waals surface area contributed by atoms with Crippen LogP contribution in [0.25, 0.3) is 0 Å². The molecule has 2 N–H and O–H groups in total. The quantitative estimate of drug-likeness (QED) is 0.216. The van der Waals surface area contributed by atoms with Gasteiger partial charge in [-0.15, -0.1) is 48.5 Å². The van der Waals surface area contributed by atoms with Gasteiger partial charge in [-0.05, 0) is 12.8 Å². The number of halogens is 1. The minimum absolute atomic E-state index is 0. The molecule has 0 aliphatic rings. The maximum Gasteiger partial charge on any atom is 0.191 e. The number of aryl methyl sites for hydroxylation is 1. The summed E-state index contributed by atoms with van der Waals surface area (Å²) >= 11 is 1.69. The van der Waals surface area contributed by atoms with Crippen LogP contribution in [0.3, 0.4) is 0 Å². The maximum absolute atomic E-state index is 4.49. The Labute approximate surface area is 180 Å². The summed E-state index contributed by atoms with van der Waals surface area (Å²) < 4.78 is 0. The SMILES string of the molecule is C=CCN(CC=C)C(CNC(=NC)NCCc1csc(C)n1)C(C)C.I. The summed E-state index contributed by atoms with van der Waals surface area (Å²) in [6.07, 6.45) is 4.79. The van der Waals surface area contributed by atoms with Crippen LogP contribution in [0.4, 0.5) is 0 Å². The van der Waals surface area contributed by atoms with Gasteiger partial charge < -0.3 is 10.6 Å². The van der Waals surface area contributed by atoms with Gasteiger partial charge in [-0.2, -0.15) is 0 Å². The number of hydrogen-bond acceptors (Lipinski definition) is 4. The molecule has 0 aliphatic carbocycles. The van der Waals surface area contributed by atoms with Crippen LogP contribution in [0, 0.1) is 12.8 Å². The highest BCUT2D eigenvalue weighted by Crippen LogP contribution is 2.10. The van der Waals surface area contributed by atoms with Gasteiger partial charge in [0.2, 0.25) is 0 Å². The Morgan fingerprint density at radius 2 is 1.96 bits per heavy atom. The molecule has 1 unspecified atom stereocenters. The molecule has 26 heavy (non-hydrogen) atoms. The molecule has 148 valence electrons. The molecule has 0 saturated carbocycles. The van der Waals surface area contributed by atoms with Crippen LogP contribution < -0.4 is 10.6 Å². The standard InChI is InChI=1S/C19H33N5S.HI/c1-7-11-24(12-8-2)18(15(3)4)13-22-19(20-6)21-10-9-17-14-25-16(5)23-17;/h7-8,14-15,18H,1-2,9-13H2,3-6H3,(H2,20,21,22);1H. The third kappa shape index (κ3) is 9.14. The van der Waals surface area contributed by atoms with E-state index in [-0.39, 0.29) is 24.0 Å². The van der Waals surface area contributed by atoms with Crippen LogP contribution >= 0.6 is 35.3 Å². The van der Waals surface area contributed by atoms with E-state index in [4.69, 9.17) is 0 Å². The van der Waals surface area contributed by atoms with Gasteiger partial charge in [-0.1, -0.05) is 26.0 Å². The zero-order chi connectivity index (χ0) is 18.7. The second kappa shape index (κ2) is 14.2. The van der Waals surface area contributed by atoms with Gasteiger partial charge in [0.15, 0.2) is 5.96 Å². The van der Waals surface area contributed by atoms with Crippen LogP contribution in [0.2, 0.25) is 0 Å². The summed E-state index contributed by atoms with van der Waals surface area (Å²) in [6, 6.07) is 0.385. The first kappa shape index (κ1) is 25.1. The van der Waals surface area contributed by atoms with Gasteiger partial charge >= 0.3 is 0 Å². The average Bonchev–Trinajstić information content (AvgIpc) is 2.98. The van der Waals surface area contributed by atoms with Crippen molar-refractivity contribution < 1.29 is 0 Å². The van der Waals surface area contributed by atoms with Crippen LogP contribution in [0.5, 0.6) is 0 Å². The van der Waals surface area contributed by atoms with E-state index in [1.54, 1.807) is 18.4 Å². The lowest BCUT2D eigenvalue weighted by Crippen LogP contribution is -2.49. The molecule has 5 nitrogen and oxygen atoms in total. The molecule has 0 aromatic carbocycles. The van der Waals surface area contributed by atoms with Crippen LogP contribution in [0.15, 0.2) is 35.7 Å². The first-order chi connectivity index (χ1) is 12.0. The number of hydrogen-bond donors (Lipinski definition) is 2. The second-order valence-corrected chi connectivity index (χ2v) is 7.39. The minimum atomic E-state index is 0. The monoisotopic (exact) mass is 491 g/mol. The number of nitrogens with one attached hydrogen (secondary N) is 2. The molecular weight excluding hydrogens is 457 g/mol. The normalized spacial score (nSPS) is 12.6. The molecule has 0 radical (unpaired) electrons. The fraction of sp³-hybridized carbons (Fsp3) is 0.579. The minimum Gasteiger partial charge on any atom is -0.356 e. The van der Waals surface area contributed by atoms with Crippen molar-refractivity contribution in [1.82, 2.24) is 20.5 Å². The molecule has 0 bridgehead atoms. The van der Waals surface area contributed by atoms with Crippen molar-refractivity contribution in [2.75, 3.05) is 33.2 Å². The topological polar surface area (TPSA) is 52.5 Å². The Hall–Kier alpha value is -0.930. The Bertz CT molecular complexity index is 546. The van der Waals surface area contributed by atoms with Crippen molar-refractivity contribution >= 4 is 41.3 Å². The molecule has 0 amide bonds. The zero-order valence-corrected chi connectivity index (χ0v) is 19.6. The van der Waals surface area contributed by atoms with Crippen molar-refractivity contribution in [2.24, 2.45) is 10.9 Å². The number of guanidine groups is 1. The molecule has 1 aromatic rings. The molecule has 7 heteroatoms. The van der Waals surface area contributed by atoms with E-state index in [1.165, 1.54) is 0 Å². The summed E-state index contributed by atoms with van der Waals surface area (Å²) in [5.74, 6) is 1.35. The highest BCUT2D eigenvalue weighted by molar-refractivity contribution is 14.0. The van der Waals surface area contributed by atoms with E-state index in [2.05, 4.69) is 57.9 Å². The molecule has 1 aromatic heterocycles. The summed E-state index contributed by atoms with van der Waals surface area (Å²) in [4.78, 5) is 11.2. The van der Waals surface area contributed by atoms with Crippen molar-refractivity contribution in [3.05, 3.63) is 41.4 Å². The molecule has 0 fully saturated rings. The molecule has 0 spiro atoms. The van der Waals surface area contributed by atoms with Crippen molar-refractivity contribution in [1.29, 1.82) is 0 Å².